The van der Waals surface area contributed by atoms with Crippen LogP contribution in [-0.2, 0) is 12.7 Å². The van der Waals surface area contributed by atoms with Crippen molar-refractivity contribution in [2.45, 2.75) is 50.7 Å². The van der Waals surface area contributed by atoms with E-state index in [-0.39, 0.29) is 59.9 Å². The SMILES string of the molecule is O=C(O)c1ccn(Cc2ccc(-c3noc(-c4ccc(C5CCCCC5)c(C(F)(F)F)c4)n3)cc2)n1.[H-].[Na+]. The summed E-state index contributed by atoms with van der Waals surface area (Å²) >= 11 is 0. The smallest absolute Gasteiger partial charge is 1.00 e. The van der Waals surface area contributed by atoms with Gasteiger partial charge in [-0.15, -0.1) is 0 Å². The number of carbonyl (C=O) groups is 1. The Kier molecular flexibility index (Phi) is 8.20. The fourth-order valence-electron chi connectivity index (χ4n) is 4.67. The number of carboxylic acids is 1. The number of rotatable bonds is 6. The number of aromatic nitrogens is 4. The van der Waals surface area contributed by atoms with Gasteiger partial charge in [-0.2, -0.15) is 23.3 Å². The standard InChI is InChI=1S/C26H23F3N4O3.Na.H/c27-26(28,29)21-14-19(10-11-20(21)17-4-2-1-3-5-17)24-30-23(32-36-24)18-8-6-16(7-9-18)15-33-13-12-22(31-33)25(34)35;;/h6-14,17H,1-5,15H2,(H,34,35);;/q;+1;-1. The van der Waals surface area contributed by atoms with Crippen molar-refractivity contribution in [2.24, 2.45) is 0 Å². The first-order chi connectivity index (χ1) is 17.3. The summed E-state index contributed by atoms with van der Waals surface area (Å²) in [7, 11) is 0. The van der Waals surface area contributed by atoms with Gasteiger partial charge in [-0.25, -0.2) is 4.79 Å². The quantitative estimate of drug-likeness (QED) is 0.391. The zero-order valence-corrected chi connectivity index (χ0v) is 22.2. The molecule has 0 saturated heterocycles. The Morgan fingerprint density at radius 3 is 2.41 bits per heavy atom. The van der Waals surface area contributed by atoms with Gasteiger partial charge in [0, 0.05) is 17.3 Å². The zero-order valence-electron chi connectivity index (χ0n) is 21.2. The third-order valence-electron chi connectivity index (χ3n) is 6.49. The van der Waals surface area contributed by atoms with E-state index in [0.717, 1.165) is 43.7 Å². The molecule has 4 aromatic rings. The molecule has 0 atom stereocenters. The second kappa shape index (κ2) is 11.2. The van der Waals surface area contributed by atoms with Gasteiger partial charge in [0.25, 0.3) is 5.89 Å². The van der Waals surface area contributed by atoms with Gasteiger partial charge in [0.05, 0.1) is 12.1 Å². The molecule has 2 aromatic carbocycles. The number of aromatic carboxylic acids is 1. The molecule has 0 unspecified atom stereocenters. The van der Waals surface area contributed by atoms with Gasteiger partial charge < -0.3 is 11.1 Å². The van der Waals surface area contributed by atoms with Crippen molar-refractivity contribution in [3.05, 3.63) is 77.1 Å². The van der Waals surface area contributed by atoms with Crippen LogP contribution in [0.2, 0.25) is 0 Å². The fraction of sp³-hybridized carbons (Fsp3) is 0.308. The van der Waals surface area contributed by atoms with Gasteiger partial charge in [0.2, 0.25) is 5.82 Å². The van der Waals surface area contributed by atoms with Gasteiger partial charge in [-0.1, -0.05) is 54.8 Å². The molecular formula is C26H24F3N4NaO3. The molecule has 0 radical (unpaired) electrons. The van der Waals surface area contributed by atoms with Crippen molar-refractivity contribution in [3.63, 3.8) is 0 Å². The van der Waals surface area contributed by atoms with Gasteiger partial charge in [0.15, 0.2) is 5.69 Å². The first-order valence-electron chi connectivity index (χ1n) is 11.7. The van der Waals surface area contributed by atoms with E-state index in [2.05, 4.69) is 15.2 Å². The predicted molar refractivity (Wildman–Crippen MR) is 125 cm³/mol. The van der Waals surface area contributed by atoms with Crippen LogP contribution in [0.25, 0.3) is 22.8 Å². The summed E-state index contributed by atoms with van der Waals surface area (Å²) in [5, 5.41) is 16.9. The Morgan fingerprint density at radius 1 is 1.05 bits per heavy atom. The number of hydrogen-bond acceptors (Lipinski definition) is 5. The second-order valence-corrected chi connectivity index (χ2v) is 8.96. The van der Waals surface area contributed by atoms with Crippen LogP contribution >= 0.6 is 0 Å². The second-order valence-electron chi connectivity index (χ2n) is 8.96. The van der Waals surface area contributed by atoms with E-state index in [1.165, 1.54) is 10.7 Å². The molecular weight excluding hydrogens is 496 g/mol. The third kappa shape index (κ3) is 6.14. The summed E-state index contributed by atoms with van der Waals surface area (Å²) in [4.78, 5) is 15.3. The molecule has 11 heteroatoms. The maximum Gasteiger partial charge on any atom is 1.00 e. The number of benzene rings is 2. The van der Waals surface area contributed by atoms with E-state index >= 15 is 0 Å². The Morgan fingerprint density at radius 2 is 1.76 bits per heavy atom. The summed E-state index contributed by atoms with van der Waals surface area (Å²) in [6.45, 7) is 0.374. The molecule has 1 saturated carbocycles. The molecule has 188 valence electrons. The maximum atomic E-state index is 13.9. The van der Waals surface area contributed by atoms with Crippen molar-refractivity contribution in [1.82, 2.24) is 19.9 Å². The topological polar surface area (TPSA) is 94.0 Å². The summed E-state index contributed by atoms with van der Waals surface area (Å²) in [5.74, 6) is -0.900. The molecule has 2 heterocycles. The molecule has 5 rings (SSSR count). The number of alkyl halides is 3. The molecule has 37 heavy (non-hydrogen) atoms. The van der Waals surface area contributed by atoms with Crippen molar-refractivity contribution >= 4 is 5.97 Å². The minimum Gasteiger partial charge on any atom is -1.00 e. The Labute approximate surface area is 234 Å². The van der Waals surface area contributed by atoms with Crippen LogP contribution in [0.3, 0.4) is 0 Å². The van der Waals surface area contributed by atoms with Crippen LogP contribution in [0.1, 0.15) is 66.6 Å². The van der Waals surface area contributed by atoms with E-state index in [0.29, 0.717) is 17.7 Å². The summed E-state index contributed by atoms with van der Waals surface area (Å²) in [6, 6.07) is 12.9. The van der Waals surface area contributed by atoms with E-state index in [1.807, 2.05) is 12.1 Å². The van der Waals surface area contributed by atoms with E-state index in [4.69, 9.17) is 9.63 Å². The molecule has 0 aliphatic heterocycles. The van der Waals surface area contributed by atoms with E-state index < -0.39 is 17.7 Å². The fourth-order valence-corrected chi connectivity index (χ4v) is 4.67. The number of halogens is 3. The van der Waals surface area contributed by atoms with Crippen molar-refractivity contribution < 1.29 is 58.6 Å². The monoisotopic (exact) mass is 520 g/mol. The van der Waals surface area contributed by atoms with E-state index in [9.17, 15) is 18.0 Å². The number of carboxylic acid groups (broad SMARTS) is 1. The van der Waals surface area contributed by atoms with Crippen LogP contribution in [0.4, 0.5) is 13.2 Å². The molecule has 0 bridgehead atoms. The summed E-state index contributed by atoms with van der Waals surface area (Å²) in [5.41, 5.74) is 1.40. The van der Waals surface area contributed by atoms with Crippen molar-refractivity contribution in [1.29, 1.82) is 0 Å². The van der Waals surface area contributed by atoms with Crippen LogP contribution in [0.5, 0.6) is 0 Å². The average molecular weight is 520 g/mol. The Bertz CT molecular complexity index is 1380. The minimum absolute atomic E-state index is 0. The predicted octanol–water partition coefficient (Wildman–Crippen LogP) is 3.53. The van der Waals surface area contributed by atoms with Crippen molar-refractivity contribution in [2.75, 3.05) is 0 Å². The van der Waals surface area contributed by atoms with Crippen molar-refractivity contribution in [3.8, 4) is 22.8 Å². The Hall–Kier alpha value is -2.95. The first-order valence-corrected chi connectivity index (χ1v) is 11.7. The van der Waals surface area contributed by atoms with Crippen LogP contribution in [-0.4, -0.2) is 31.0 Å². The van der Waals surface area contributed by atoms with E-state index in [1.54, 1.807) is 30.5 Å². The maximum absolute atomic E-state index is 13.9. The van der Waals surface area contributed by atoms with Crippen LogP contribution in [0.15, 0.2) is 59.3 Å². The third-order valence-corrected chi connectivity index (χ3v) is 6.49. The number of nitrogens with zero attached hydrogens (tertiary/aromatic N) is 4. The Balaban J connectivity index is 0.00000200. The molecule has 2 aromatic heterocycles. The molecule has 1 N–H and O–H groups in total. The van der Waals surface area contributed by atoms with Gasteiger partial charge in [-0.3, -0.25) is 4.68 Å². The van der Waals surface area contributed by atoms with Gasteiger partial charge in [0.1, 0.15) is 0 Å². The molecule has 0 amide bonds. The summed E-state index contributed by atoms with van der Waals surface area (Å²) in [6.07, 6.45) is 1.60. The molecule has 0 spiro atoms. The van der Waals surface area contributed by atoms with Crippen LogP contribution in [0, 0.1) is 0 Å². The summed E-state index contributed by atoms with van der Waals surface area (Å²) < 4.78 is 48.5. The average Bonchev–Trinajstić information content (AvgIpc) is 3.55. The molecule has 7 nitrogen and oxygen atoms in total. The van der Waals surface area contributed by atoms with Crippen LogP contribution < -0.4 is 29.6 Å². The van der Waals surface area contributed by atoms with Gasteiger partial charge >= 0.3 is 41.7 Å². The normalized spacial score (nSPS) is 14.4. The molecule has 1 aliphatic carbocycles. The number of hydrogen-bond donors (Lipinski definition) is 1. The van der Waals surface area contributed by atoms with Gasteiger partial charge in [-0.05, 0) is 48.1 Å². The zero-order chi connectivity index (χ0) is 25.3. The molecule has 1 aliphatic rings. The largest absolute Gasteiger partial charge is 1.00 e. The first kappa shape index (κ1) is 27.1. The minimum atomic E-state index is -4.47. The molecule has 1 fully saturated rings.